The minimum absolute atomic E-state index is 0.570. The summed E-state index contributed by atoms with van der Waals surface area (Å²) < 4.78 is 5.67. The number of benzene rings is 2. The monoisotopic (exact) mass is 389 g/mol. The molecule has 2 aromatic carbocycles. The van der Waals surface area contributed by atoms with Crippen LogP contribution in [0, 0.1) is 6.92 Å². The predicted molar refractivity (Wildman–Crippen MR) is 119 cm³/mol. The van der Waals surface area contributed by atoms with Gasteiger partial charge in [0.1, 0.15) is 5.75 Å². The molecule has 0 aliphatic rings. The Morgan fingerprint density at radius 3 is 2.59 bits per heavy atom. The molecule has 0 saturated heterocycles. The van der Waals surface area contributed by atoms with Gasteiger partial charge in [0.25, 0.3) is 0 Å². The first kappa shape index (κ1) is 20.3. The molecule has 0 spiro atoms. The summed E-state index contributed by atoms with van der Waals surface area (Å²) in [7, 11) is 0. The molecule has 0 bridgehead atoms. The zero-order valence-corrected chi connectivity index (χ0v) is 16.9. The van der Waals surface area contributed by atoms with E-state index < -0.39 is 0 Å². The molecule has 6 nitrogen and oxygen atoms in total. The fraction of sp³-hybridized carbons (Fsp3) is 0.261. The zero-order valence-electron chi connectivity index (χ0n) is 16.9. The fourth-order valence-electron chi connectivity index (χ4n) is 2.64. The van der Waals surface area contributed by atoms with Crippen LogP contribution >= 0.6 is 0 Å². The Balaban J connectivity index is 1.55. The third-order valence-corrected chi connectivity index (χ3v) is 4.19. The van der Waals surface area contributed by atoms with Crippen molar-refractivity contribution in [2.24, 2.45) is 5.10 Å². The van der Waals surface area contributed by atoms with Gasteiger partial charge in [-0.15, -0.1) is 0 Å². The van der Waals surface area contributed by atoms with Crippen molar-refractivity contribution >= 4 is 18.0 Å². The lowest BCUT2D eigenvalue weighted by molar-refractivity contribution is 0.309. The second-order valence-electron chi connectivity index (χ2n) is 6.70. The summed E-state index contributed by atoms with van der Waals surface area (Å²) in [5.74, 6) is 2.09. The summed E-state index contributed by atoms with van der Waals surface area (Å²) in [6.07, 6.45) is 3.94. The summed E-state index contributed by atoms with van der Waals surface area (Å²) in [6, 6.07) is 19.9. The van der Waals surface area contributed by atoms with Gasteiger partial charge in [-0.3, -0.25) is 5.43 Å². The van der Waals surface area contributed by atoms with Crippen LogP contribution in [-0.2, 0) is 6.54 Å². The van der Waals surface area contributed by atoms with Crippen LogP contribution < -0.4 is 15.5 Å². The number of anilines is 2. The maximum atomic E-state index is 5.67. The topological polar surface area (TPSA) is 71.4 Å². The van der Waals surface area contributed by atoms with E-state index in [0.717, 1.165) is 36.5 Å². The average Bonchev–Trinajstić information content (AvgIpc) is 2.74. The van der Waals surface area contributed by atoms with Gasteiger partial charge in [-0.2, -0.15) is 10.1 Å². The Morgan fingerprint density at radius 2 is 1.83 bits per heavy atom. The van der Waals surface area contributed by atoms with E-state index >= 15 is 0 Å². The maximum absolute atomic E-state index is 5.67. The van der Waals surface area contributed by atoms with Gasteiger partial charge >= 0.3 is 0 Å². The van der Waals surface area contributed by atoms with Crippen molar-refractivity contribution in [2.75, 3.05) is 17.3 Å². The first-order chi connectivity index (χ1) is 14.2. The Kier molecular flexibility index (Phi) is 7.57. The van der Waals surface area contributed by atoms with Crippen LogP contribution in [0.2, 0.25) is 0 Å². The highest BCUT2D eigenvalue weighted by Crippen LogP contribution is 2.13. The number of rotatable bonds is 10. The van der Waals surface area contributed by atoms with Gasteiger partial charge < -0.3 is 10.1 Å². The van der Waals surface area contributed by atoms with Gasteiger partial charge in [0.15, 0.2) is 5.82 Å². The molecule has 0 atom stereocenters. The van der Waals surface area contributed by atoms with E-state index in [1.165, 1.54) is 5.56 Å². The Morgan fingerprint density at radius 1 is 1.03 bits per heavy atom. The molecule has 150 valence electrons. The third-order valence-electron chi connectivity index (χ3n) is 4.19. The van der Waals surface area contributed by atoms with Crippen molar-refractivity contribution in [3.63, 3.8) is 0 Å². The van der Waals surface area contributed by atoms with Crippen LogP contribution in [0.4, 0.5) is 11.8 Å². The number of hydrazone groups is 1. The standard InChI is InChI=1S/C23H27N5O/c1-3-4-14-29-21-12-10-20(11-13-21)17-25-28-22-15-18(2)26-23(27-22)24-16-19-8-6-5-7-9-19/h5-13,15,17H,3-4,14,16H2,1-2H3,(H2,24,26,27,28)/b25-17+. The smallest absolute Gasteiger partial charge is 0.225 e. The first-order valence-corrected chi connectivity index (χ1v) is 9.88. The summed E-state index contributed by atoms with van der Waals surface area (Å²) >= 11 is 0. The number of hydrogen-bond acceptors (Lipinski definition) is 6. The van der Waals surface area contributed by atoms with Crippen molar-refractivity contribution in [1.29, 1.82) is 0 Å². The lowest BCUT2D eigenvalue weighted by atomic mass is 10.2. The maximum Gasteiger partial charge on any atom is 0.225 e. The van der Waals surface area contributed by atoms with Crippen LogP contribution in [0.3, 0.4) is 0 Å². The first-order valence-electron chi connectivity index (χ1n) is 9.88. The van der Waals surface area contributed by atoms with Crippen LogP contribution in [0.25, 0.3) is 0 Å². The Bertz CT molecular complexity index is 910. The molecule has 6 heteroatoms. The van der Waals surface area contributed by atoms with Crippen molar-refractivity contribution in [3.8, 4) is 5.75 Å². The largest absolute Gasteiger partial charge is 0.494 e. The summed E-state index contributed by atoms with van der Waals surface area (Å²) in [4.78, 5) is 8.90. The quantitative estimate of drug-likeness (QED) is 0.289. The van der Waals surface area contributed by atoms with E-state index in [-0.39, 0.29) is 0 Å². The van der Waals surface area contributed by atoms with Crippen LogP contribution in [0.1, 0.15) is 36.6 Å². The molecule has 1 heterocycles. The van der Waals surface area contributed by atoms with Gasteiger partial charge in [0.2, 0.25) is 5.95 Å². The molecule has 0 aliphatic carbocycles. The highest BCUT2D eigenvalue weighted by Gasteiger charge is 2.02. The van der Waals surface area contributed by atoms with Crippen molar-refractivity contribution in [1.82, 2.24) is 9.97 Å². The van der Waals surface area contributed by atoms with E-state index in [1.807, 2.05) is 55.5 Å². The highest BCUT2D eigenvalue weighted by atomic mass is 16.5. The SMILES string of the molecule is CCCCOc1ccc(/C=N/Nc2cc(C)nc(NCc3ccccc3)n2)cc1. The minimum atomic E-state index is 0.570. The Labute approximate surface area is 172 Å². The molecular weight excluding hydrogens is 362 g/mol. The van der Waals surface area contributed by atoms with E-state index in [9.17, 15) is 0 Å². The molecule has 29 heavy (non-hydrogen) atoms. The minimum Gasteiger partial charge on any atom is -0.494 e. The predicted octanol–water partition coefficient (Wildman–Crippen LogP) is 5.02. The number of unbranched alkanes of at least 4 members (excludes halogenated alkanes) is 1. The number of nitrogens with one attached hydrogen (secondary N) is 2. The fourth-order valence-corrected chi connectivity index (χ4v) is 2.64. The van der Waals surface area contributed by atoms with Gasteiger partial charge in [-0.25, -0.2) is 4.98 Å². The second-order valence-corrected chi connectivity index (χ2v) is 6.70. The van der Waals surface area contributed by atoms with E-state index in [4.69, 9.17) is 4.74 Å². The highest BCUT2D eigenvalue weighted by molar-refractivity contribution is 5.80. The van der Waals surface area contributed by atoms with Gasteiger partial charge in [0.05, 0.1) is 12.8 Å². The van der Waals surface area contributed by atoms with Crippen LogP contribution in [0.5, 0.6) is 5.75 Å². The van der Waals surface area contributed by atoms with Crippen molar-refractivity contribution in [2.45, 2.75) is 33.2 Å². The number of aromatic nitrogens is 2. The van der Waals surface area contributed by atoms with E-state index in [1.54, 1.807) is 6.21 Å². The molecule has 1 aromatic heterocycles. The zero-order chi connectivity index (χ0) is 20.3. The number of nitrogens with zero attached hydrogens (tertiary/aromatic N) is 3. The molecule has 0 unspecified atom stereocenters. The molecule has 0 amide bonds. The van der Waals surface area contributed by atoms with Crippen LogP contribution in [0.15, 0.2) is 65.8 Å². The molecular formula is C23H27N5O. The van der Waals surface area contributed by atoms with E-state index in [2.05, 4.69) is 44.9 Å². The number of ether oxygens (including phenoxy) is 1. The average molecular weight is 390 g/mol. The lowest BCUT2D eigenvalue weighted by Gasteiger charge is -2.08. The Hall–Kier alpha value is -3.41. The van der Waals surface area contributed by atoms with E-state index in [0.29, 0.717) is 18.3 Å². The number of aryl methyl sites for hydroxylation is 1. The summed E-state index contributed by atoms with van der Waals surface area (Å²) in [5.41, 5.74) is 5.99. The molecule has 0 aliphatic heterocycles. The molecule has 2 N–H and O–H groups in total. The summed E-state index contributed by atoms with van der Waals surface area (Å²) in [5, 5.41) is 7.53. The third kappa shape index (κ3) is 6.92. The van der Waals surface area contributed by atoms with Gasteiger partial charge in [-0.1, -0.05) is 43.7 Å². The molecule has 0 radical (unpaired) electrons. The van der Waals surface area contributed by atoms with Gasteiger partial charge in [-0.05, 0) is 48.7 Å². The normalized spacial score (nSPS) is 10.8. The second kappa shape index (κ2) is 10.8. The van der Waals surface area contributed by atoms with Crippen molar-refractivity contribution in [3.05, 3.63) is 77.5 Å². The van der Waals surface area contributed by atoms with Crippen molar-refractivity contribution < 1.29 is 4.74 Å². The number of hydrogen-bond donors (Lipinski definition) is 2. The lowest BCUT2D eigenvalue weighted by Crippen LogP contribution is -2.06. The van der Waals surface area contributed by atoms with Crippen LogP contribution in [-0.4, -0.2) is 22.8 Å². The van der Waals surface area contributed by atoms with Gasteiger partial charge in [0, 0.05) is 18.3 Å². The molecule has 0 saturated carbocycles. The summed E-state index contributed by atoms with van der Waals surface area (Å²) in [6.45, 7) is 5.50. The molecule has 3 rings (SSSR count). The molecule has 0 fully saturated rings. The molecule has 3 aromatic rings.